The average Bonchev–Trinajstić information content (AvgIpc) is 3.45. The van der Waals surface area contributed by atoms with Crippen molar-refractivity contribution in [1.29, 1.82) is 0 Å². The van der Waals surface area contributed by atoms with Crippen LogP contribution >= 0.6 is 0 Å². The fourth-order valence-electron chi connectivity index (χ4n) is 4.48. The van der Waals surface area contributed by atoms with E-state index >= 15 is 0 Å². The predicted molar refractivity (Wildman–Crippen MR) is 120 cm³/mol. The van der Waals surface area contributed by atoms with Crippen molar-refractivity contribution in [2.45, 2.75) is 63.6 Å². The number of fused-ring (bicyclic) bond motifs is 1. The van der Waals surface area contributed by atoms with Gasteiger partial charge in [0.1, 0.15) is 11.2 Å². The summed E-state index contributed by atoms with van der Waals surface area (Å²) in [6.45, 7) is 2.48. The summed E-state index contributed by atoms with van der Waals surface area (Å²) in [7, 11) is 1.64. The number of nitrogens with zero attached hydrogens (tertiary/aromatic N) is 3. The van der Waals surface area contributed by atoms with Gasteiger partial charge in [0, 0.05) is 25.7 Å². The van der Waals surface area contributed by atoms with Crippen molar-refractivity contribution in [2.24, 2.45) is 0 Å². The van der Waals surface area contributed by atoms with Gasteiger partial charge in [0.15, 0.2) is 5.69 Å². The minimum absolute atomic E-state index is 0.166. The van der Waals surface area contributed by atoms with Gasteiger partial charge in [-0.25, -0.2) is 0 Å². The third-order valence-corrected chi connectivity index (χ3v) is 6.68. The van der Waals surface area contributed by atoms with E-state index in [0.29, 0.717) is 12.2 Å². The Morgan fingerprint density at radius 1 is 1.19 bits per heavy atom. The molecular formula is C24H31N5O3. The Morgan fingerprint density at radius 3 is 2.62 bits per heavy atom. The number of likely N-dealkylation sites (N-methyl/N-ethyl adjacent to an activating group) is 1. The molecule has 0 spiro atoms. The van der Waals surface area contributed by atoms with Crippen LogP contribution in [-0.4, -0.2) is 57.6 Å². The van der Waals surface area contributed by atoms with Crippen LogP contribution in [0.5, 0.6) is 0 Å². The molecule has 2 aromatic rings. The van der Waals surface area contributed by atoms with E-state index in [-0.39, 0.29) is 36.0 Å². The zero-order valence-corrected chi connectivity index (χ0v) is 18.8. The summed E-state index contributed by atoms with van der Waals surface area (Å²) >= 11 is 0. The molecule has 3 amide bonds. The second-order valence-corrected chi connectivity index (χ2v) is 9.01. The number of hydrogen-bond acceptors (Lipinski definition) is 4. The molecule has 170 valence electrons. The van der Waals surface area contributed by atoms with E-state index < -0.39 is 5.54 Å². The van der Waals surface area contributed by atoms with Gasteiger partial charge in [0.05, 0.1) is 6.54 Å². The van der Waals surface area contributed by atoms with E-state index in [2.05, 4.69) is 27.9 Å². The largest absolute Gasteiger partial charge is 0.351 e. The van der Waals surface area contributed by atoms with Crippen LogP contribution in [0.25, 0.3) is 0 Å². The highest BCUT2D eigenvalue weighted by atomic mass is 16.2. The molecule has 2 aliphatic rings. The molecule has 8 nitrogen and oxygen atoms in total. The van der Waals surface area contributed by atoms with Gasteiger partial charge in [-0.15, -0.1) is 0 Å². The molecular weight excluding hydrogens is 406 g/mol. The number of amides is 3. The standard InChI is InChI=1S/C24H31N5O3/c1-24(23(32)26-18-12-6-7-13-18)16-29-20(22(31)28(24)2)15-19(27-29)21(30)25-14-8-11-17-9-4-3-5-10-17/h3-5,9-10,15,18H,6-8,11-14,16H2,1-2H3,(H,25,30)(H,26,32)/t24-/m0/s1. The molecule has 4 rings (SSSR count). The van der Waals surface area contributed by atoms with Crippen LogP contribution < -0.4 is 10.6 Å². The van der Waals surface area contributed by atoms with Crippen LogP contribution in [0.15, 0.2) is 36.4 Å². The van der Waals surface area contributed by atoms with Crippen LogP contribution in [-0.2, 0) is 17.8 Å². The highest BCUT2D eigenvalue weighted by Gasteiger charge is 2.46. The number of benzene rings is 1. The number of aromatic nitrogens is 2. The normalized spacial score (nSPS) is 20.8. The SMILES string of the molecule is CN1C(=O)c2cc(C(=O)NCCCc3ccccc3)nn2C[C@@]1(C)C(=O)NC1CCCC1. The van der Waals surface area contributed by atoms with Gasteiger partial charge in [-0.3, -0.25) is 19.1 Å². The molecule has 1 aliphatic carbocycles. The summed E-state index contributed by atoms with van der Waals surface area (Å²) in [5, 5.41) is 10.3. The Morgan fingerprint density at radius 2 is 1.91 bits per heavy atom. The highest BCUT2D eigenvalue weighted by Crippen LogP contribution is 2.27. The smallest absolute Gasteiger partial charge is 0.272 e. The van der Waals surface area contributed by atoms with Crippen LogP contribution in [0.4, 0.5) is 0 Å². The lowest BCUT2D eigenvalue weighted by Gasteiger charge is -2.41. The molecule has 0 radical (unpaired) electrons. The molecule has 2 N–H and O–H groups in total. The molecule has 0 unspecified atom stereocenters. The maximum atomic E-state index is 13.0. The van der Waals surface area contributed by atoms with E-state index in [1.54, 1.807) is 14.0 Å². The Hall–Kier alpha value is -3.16. The zero-order chi connectivity index (χ0) is 22.7. The lowest BCUT2D eigenvalue weighted by Crippen LogP contribution is -2.63. The van der Waals surface area contributed by atoms with Gasteiger partial charge in [-0.1, -0.05) is 43.2 Å². The fourth-order valence-corrected chi connectivity index (χ4v) is 4.48. The van der Waals surface area contributed by atoms with Crippen molar-refractivity contribution in [1.82, 2.24) is 25.3 Å². The zero-order valence-electron chi connectivity index (χ0n) is 18.8. The maximum absolute atomic E-state index is 13.0. The summed E-state index contributed by atoms with van der Waals surface area (Å²) in [6.07, 6.45) is 5.86. The minimum Gasteiger partial charge on any atom is -0.351 e. The number of carbonyl (C=O) groups excluding carboxylic acids is 3. The van der Waals surface area contributed by atoms with Crippen molar-refractivity contribution in [3.8, 4) is 0 Å². The topological polar surface area (TPSA) is 96.3 Å². The van der Waals surface area contributed by atoms with Crippen LogP contribution in [0.1, 0.15) is 65.6 Å². The van der Waals surface area contributed by atoms with E-state index in [1.165, 1.54) is 21.2 Å². The lowest BCUT2D eigenvalue weighted by atomic mass is 9.95. The molecule has 0 bridgehead atoms. The Labute approximate surface area is 188 Å². The third-order valence-electron chi connectivity index (χ3n) is 6.68. The van der Waals surface area contributed by atoms with Gasteiger partial charge in [0.25, 0.3) is 11.8 Å². The summed E-state index contributed by atoms with van der Waals surface area (Å²) in [5.41, 5.74) is 0.695. The van der Waals surface area contributed by atoms with Gasteiger partial charge >= 0.3 is 0 Å². The van der Waals surface area contributed by atoms with Crippen molar-refractivity contribution in [2.75, 3.05) is 13.6 Å². The molecule has 1 aliphatic heterocycles. The van der Waals surface area contributed by atoms with Crippen molar-refractivity contribution >= 4 is 17.7 Å². The van der Waals surface area contributed by atoms with Crippen LogP contribution in [0.3, 0.4) is 0 Å². The molecule has 1 fully saturated rings. The van der Waals surface area contributed by atoms with Crippen LogP contribution in [0.2, 0.25) is 0 Å². The second-order valence-electron chi connectivity index (χ2n) is 9.01. The number of nitrogens with one attached hydrogen (secondary N) is 2. The van der Waals surface area contributed by atoms with Crippen molar-refractivity contribution in [3.63, 3.8) is 0 Å². The Kier molecular flexibility index (Phi) is 6.30. The minimum atomic E-state index is -1.05. The number of rotatable bonds is 7. The van der Waals surface area contributed by atoms with Gasteiger partial charge < -0.3 is 15.5 Å². The first kappa shape index (κ1) is 22.0. The average molecular weight is 438 g/mol. The monoisotopic (exact) mass is 437 g/mol. The van der Waals surface area contributed by atoms with Crippen molar-refractivity contribution < 1.29 is 14.4 Å². The Balaban J connectivity index is 1.39. The van der Waals surface area contributed by atoms with E-state index in [9.17, 15) is 14.4 Å². The number of hydrogen-bond donors (Lipinski definition) is 2. The fraction of sp³-hybridized carbons (Fsp3) is 0.500. The lowest BCUT2D eigenvalue weighted by molar-refractivity contribution is -0.133. The van der Waals surface area contributed by atoms with Crippen LogP contribution in [0, 0.1) is 0 Å². The molecule has 1 atom stereocenters. The van der Waals surface area contributed by atoms with Crippen molar-refractivity contribution in [3.05, 3.63) is 53.3 Å². The Bertz CT molecular complexity index is 996. The summed E-state index contributed by atoms with van der Waals surface area (Å²) in [4.78, 5) is 40.1. The molecule has 1 aromatic heterocycles. The second kappa shape index (κ2) is 9.14. The first-order valence-corrected chi connectivity index (χ1v) is 11.4. The van der Waals surface area contributed by atoms with Gasteiger partial charge in [0.2, 0.25) is 5.91 Å². The molecule has 32 heavy (non-hydrogen) atoms. The number of aryl methyl sites for hydroxylation is 1. The van der Waals surface area contributed by atoms with Gasteiger partial charge in [-0.2, -0.15) is 5.10 Å². The first-order valence-electron chi connectivity index (χ1n) is 11.4. The van der Waals surface area contributed by atoms with Gasteiger partial charge in [-0.05, 0) is 38.2 Å². The molecule has 0 saturated heterocycles. The van der Waals surface area contributed by atoms with E-state index in [4.69, 9.17) is 0 Å². The number of carbonyl (C=O) groups is 3. The highest BCUT2D eigenvalue weighted by molar-refractivity contribution is 6.01. The van der Waals surface area contributed by atoms with E-state index in [1.807, 2.05) is 18.2 Å². The summed E-state index contributed by atoms with van der Waals surface area (Å²) in [6, 6.07) is 11.8. The predicted octanol–water partition coefficient (Wildman–Crippen LogP) is 2.15. The molecule has 1 aromatic carbocycles. The third kappa shape index (κ3) is 4.40. The molecule has 2 heterocycles. The summed E-state index contributed by atoms with van der Waals surface area (Å²) < 4.78 is 1.50. The summed E-state index contributed by atoms with van der Waals surface area (Å²) in [5.74, 6) is -0.795. The first-order chi connectivity index (χ1) is 15.4. The molecule has 8 heteroatoms. The maximum Gasteiger partial charge on any atom is 0.272 e. The van der Waals surface area contributed by atoms with E-state index in [0.717, 1.165) is 38.5 Å². The quantitative estimate of drug-likeness (QED) is 0.649. The molecule has 1 saturated carbocycles.